The summed E-state index contributed by atoms with van der Waals surface area (Å²) in [5.74, 6) is 0.875. The van der Waals surface area contributed by atoms with Crippen LogP contribution >= 0.6 is 0 Å². The van der Waals surface area contributed by atoms with Gasteiger partial charge in [0, 0.05) is 43.6 Å². The first-order valence-corrected chi connectivity index (χ1v) is 15.6. The van der Waals surface area contributed by atoms with Gasteiger partial charge in [0.15, 0.2) is 0 Å². The van der Waals surface area contributed by atoms with Gasteiger partial charge in [-0.2, -0.15) is 0 Å². The molecule has 2 amide bonds. The highest BCUT2D eigenvalue weighted by Crippen LogP contribution is 2.51. The van der Waals surface area contributed by atoms with Crippen LogP contribution in [-0.2, 0) is 14.9 Å². The van der Waals surface area contributed by atoms with E-state index in [4.69, 9.17) is 9.47 Å². The minimum absolute atomic E-state index is 0.0128. The molecular formula is C32H49FN4O4. The molecule has 1 N–H and O–H groups in total. The molecule has 1 aromatic carbocycles. The van der Waals surface area contributed by atoms with E-state index < -0.39 is 5.60 Å². The Kier molecular flexibility index (Phi) is 9.14. The average molecular weight is 573 g/mol. The van der Waals surface area contributed by atoms with Crippen LogP contribution in [0.2, 0.25) is 0 Å². The van der Waals surface area contributed by atoms with E-state index in [2.05, 4.69) is 21.2 Å². The highest BCUT2D eigenvalue weighted by molar-refractivity contribution is 5.69. The first kappa shape index (κ1) is 30.1. The third kappa shape index (κ3) is 6.82. The lowest BCUT2D eigenvalue weighted by Crippen LogP contribution is -2.60. The number of hydrogen-bond donors (Lipinski definition) is 1. The van der Waals surface area contributed by atoms with Crippen LogP contribution in [0.1, 0.15) is 64.9 Å². The lowest BCUT2D eigenvalue weighted by Gasteiger charge is -2.54. The fourth-order valence-electron chi connectivity index (χ4n) is 7.89. The van der Waals surface area contributed by atoms with Gasteiger partial charge in [-0.3, -0.25) is 0 Å². The molecule has 1 unspecified atom stereocenters. The minimum Gasteiger partial charge on any atom is -0.453 e. The summed E-state index contributed by atoms with van der Waals surface area (Å²) in [6, 6.07) is 7.30. The van der Waals surface area contributed by atoms with E-state index in [0.29, 0.717) is 11.8 Å². The zero-order valence-electron chi connectivity index (χ0n) is 25.4. The second kappa shape index (κ2) is 12.5. The smallest absolute Gasteiger partial charge is 0.410 e. The molecule has 0 aromatic heterocycles. The highest BCUT2D eigenvalue weighted by Gasteiger charge is 2.53. The molecular weight excluding hydrogens is 523 g/mol. The van der Waals surface area contributed by atoms with Crippen molar-refractivity contribution in [1.29, 1.82) is 0 Å². The van der Waals surface area contributed by atoms with E-state index in [9.17, 15) is 14.0 Å². The third-order valence-corrected chi connectivity index (χ3v) is 9.90. The standard InChI is InChI=1S/C32H49FN4O4/c1-31(2,3)41-30(39)37-20-23(21-37)19-35-16-12-24(13-17-35)32(22-36-14-7-15-36,25-8-5-9-26(33)18-25)27-10-6-11-28(27)34-29(38)40-4/h5,8-9,18,23-24,27-28H,6-7,10-17,19-22H2,1-4H3,(H,34,38)/t27-,28-,32?/m0/s1. The first-order valence-electron chi connectivity index (χ1n) is 15.6. The Hall–Kier alpha value is -2.39. The molecule has 0 spiro atoms. The summed E-state index contributed by atoms with van der Waals surface area (Å²) >= 11 is 0. The number of likely N-dealkylation sites (tertiary alicyclic amines) is 3. The van der Waals surface area contributed by atoms with Crippen LogP contribution in [0.4, 0.5) is 14.0 Å². The number of amides is 2. The molecule has 228 valence electrons. The number of carbonyl (C=O) groups excluding carboxylic acids is 2. The molecule has 8 nitrogen and oxygen atoms in total. The molecule has 9 heteroatoms. The number of nitrogens with one attached hydrogen (secondary N) is 1. The average Bonchev–Trinajstić information content (AvgIpc) is 3.33. The van der Waals surface area contributed by atoms with Gasteiger partial charge in [0.2, 0.25) is 0 Å². The molecule has 3 atom stereocenters. The largest absolute Gasteiger partial charge is 0.453 e. The van der Waals surface area contributed by atoms with Crippen molar-refractivity contribution in [2.45, 2.75) is 76.4 Å². The van der Waals surface area contributed by atoms with Gasteiger partial charge in [-0.1, -0.05) is 18.6 Å². The summed E-state index contributed by atoms with van der Waals surface area (Å²) in [6.45, 7) is 13.2. The van der Waals surface area contributed by atoms with Crippen LogP contribution in [0.25, 0.3) is 0 Å². The van der Waals surface area contributed by atoms with Gasteiger partial charge >= 0.3 is 12.2 Å². The van der Waals surface area contributed by atoms with Crippen LogP contribution in [0.5, 0.6) is 0 Å². The number of benzene rings is 1. The molecule has 3 aliphatic heterocycles. The van der Waals surface area contributed by atoms with Crippen molar-refractivity contribution in [2.24, 2.45) is 17.8 Å². The van der Waals surface area contributed by atoms with E-state index >= 15 is 0 Å². The summed E-state index contributed by atoms with van der Waals surface area (Å²) in [4.78, 5) is 31.6. The molecule has 0 bridgehead atoms. The summed E-state index contributed by atoms with van der Waals surface area (Å²) in [6.07, 6.45) is 5.66. The Morgan fingerprint density at radius 2 is 1.73 bits per heavy atom. The molecule has 4 fully saturated rings. The maximum absolute atomic E-state index is 14.8. The van der Waals surface area contributed by atoms with Crippen molar-refractivity contribution < 1.29 is 23.5 Å². The van der Waals surface area contributed by atoms with Gasteiger partial charge in [0.05, 0.1) is 7.11 Å². The second-order valence-corrected chi connectivity index (χ2v) is 13.8. The highest BCUT2D eigenvalue weighted by atomic mass is 19.1. The van der Waals surface area contributed by atoms with Gasteiger partial charge in [0.25, 0.3) is 0 Å². The first-order chi connectivity index (χ1) is 19.6. The molecule has 5 rings (SSSR count). The van der Waals surface area contributed by atoms with Gasteiger partial charge in [-0.15, -0.1) is 0 Å². The van der Waals surface area contributed by atoms with E-state index in [0.717, 1.165) is 90.0 Å². The second-order valence-electron chi connectivity index (χ2n) is 13.8. The summed E-state index contributed by atoms with van der Waals surface area (Å²) in [7, 11) is 1.42. The number of nitrogens with zero attached hydrogens (tertiary/aromatic N) is 3. The summed E-state index contributed by atoms with van der Waals surface area (Å²) in [5, 5.41) is 3.17. The van der Waals surface area contributed by atoms with E-state index in [1.54, 1.807) is 17.0 Å². The van der Waals surface area contributed by atoms with Crippen LogP contribution in [0, 0.1) is 23.6 Å². The zero-order valence-corrected chi connectivity index (χ0v) is 25.4. The molecule has 3 saturated heterocycles. The number of alkyl carbamates (subject to hydrolysis) is 1. The van der Waals surface area contributed by atoms with Gasteiger partial charge < -0.3 is 29.5 Å². The van der Waals surface area contributed by atoms with Gasteiger partial charge in [-0.25, -0.2) is 14.0 Å². The van der Waals surface area contributed by atoms with Crippen molar-refractivity contribution in [3.05, 3.63) is 35.6 Å². The normalized spacial score (nSPS) is 26.1. The lowest BCUT2D eigenvalue weighted by molar-refractivity contribution is -0.0128. The number of ether oxygens (including phenoxy) is 2. The molecule has 1 aromatic rings. The van der Waals surface area contributed by atoms with E-state index in [1.807, 2.05) is 26.8 Å². The predicted octanol–water partition coefficient (Wildman–Crippen LogP) is 4.87. The number of halogens is 1. The number of hydrogen-bond acceptors (Lipinski definition) is 6. The number of rotatable bonds is 8. The number of methoxy groups -OCH3 is 1. The van der Waals surface area contributed by atoms with Crippen LogP contribution in [0.3, 0.4) is 0 Å². The van der Waals surface area contributed by atoms with E-state index in [1.165, 1.54) is 13.5 Å². The molecule has 41 heavy (non-hydrogen) atoms. The molecule has 1 saturated carbocycles. The Balaban J connectivity index is 1.31. The van der Waals surface area contributed by atoms with Crippen LogP contribution in [-0.4, -0.2) is 98.0 Å². The van der Waals surface area contributed by atoms with E-state index in [-0.39, 0.29) is 35.4 Å². The van der Waals surface area contributed by atoms with Crippen LogP contribution < -0.4 is 5.32 Å². The zero-order chi connectivity index (χ0) is 29.2. The number of carbonyl (C=O) groups is 2. The Morgan fingerprint density at radius 1 is 1.00 bits per heavy atom. The fourth-order valence-corrected chi connectivity index (χ4v) is 7.89. The summed E-state index contributed by atoms with van der Waals surface area (Å²) in [5.41, 5.74) is 0.359. The van der Waals surface area contributed by atoms with Crippen molar-refractivity contribution in [1.82, 2.24) is 20.0 Å². The quantitative estimate of drug-likeness (QED) is 0.479. The van der Waals surface area contributed by atoms with Gasteiger partial charge in [0.1, 0.15) is 11.4 Å². The Labute approximate surface area is 244 Å². The maximum Gasteiger partial charge on any atom is 0.410 e. The SMILES string of the molecule is COC(=O)N[C@H]1CCC[C@@H]1C(CN1CCC1)(c1cccc(F)c1)C1CCN(CC2CN(C(=O)OC(C)(C)C)C2)CC1. The molecule has 3 heterocycles. The predicted molar refractivity (Wildman–Crippen MR) is 156 cm³/mol. The van der Waals surface area contributed by atoms with Crippen molar-refractivity contribution in [3.8, 4) is 0 Å². The molecule has 4 aliphatic rings. The van der Waals surface area contributed by atoms with Crippen LogP contribution in [0.15, 0.2) is 24.3 Å². The fraction of sp³-hybridized carbons (Fsp3) is 0.750. The summed E-state index contributed by atoms with van der Waals surface area (Å²) < 4.78 is 25.4. The maximum atomic E-state index is 14.8. The third-order valence-electron chi connectivity index (χ3n) is 9.90. The Morgan fingerprint density at radius 3 is 2.34 bits per heavy atom. The van der Waals surface area contributed by atoms with Crippen molar-refractivity contribution in [2.75, 3.05) is 59.5 Å². The van der Waals surface area contributed by atoms with Gasteiger partial charge in [-0.05, 0) is 109 Å². The lowest BCUT2D eigenvalue weighted by atomic mass is 9.57. The Bertz CT molecular complexity index is 1060. The minimum atomic E-state index is -0.473. The van der Waals surface area contributed by atoms with Crippen molar-refractivity contribution >= 4 is 12.2 Å². The topological polar surface area (TPSA) is 74.4 Å². The number of piperidine rings is 1. The van der Waals surface area contributed by atoms with Crippen molar-refractivity contribution in [3.63, 3.8) is 0 Å². The molecule has 0 radical (unpaired) electrons. The molecule has 1 aliphatic carbocycles. The monoisotopic (exact) mass is 572 g/mol.